The molecule has 0 aliphatic heterocycles. The Morgan fingerprint density at radius 1 is 1.15 bits per heavy atom. The number of imidazole rings is 1. The molecule has 0 aliphatic rings. The van der Waals surface area contributed by atoms with Gasteiger partial charge in [-0.05, 0) is 51.2 Å². The molecule has 0 saturated carbocycles. The zero-order valence-electron chi connectivity index (χ0n) is 19.6. The number of rotatable bonds is 5. The zero-order valence-corrected chi connectivity index (χ0v) is 19.6. The number of hydrogen-bond donors (Lipinski definition) is 0. The molecule has 1 aromatic carbocycles. The number of benzene rings is 1. The second-order valence-corrected chi connectivity index (χ2v) is 7.80. The van der Waals surface area contributed by atoms with Crippen LogP contribution >= 0.6 is 0 Å². The molecule has 0 fully saturated rings. The smallest absolute Gasteiger partial charge is 0.328 e. The van der Waals surface area contributed by atoms with E-state index in [1.165, 1.54) is 16.7 Å². The fraction of sp³-hybridized carbons (Fsp3) is 0.320. The van der Waals surface area contributed by atoms with E-state index in [-0.39, 0.29) is 6.04 Å². The van der Waals surface area contributed by atoms with Gasteiger partial charge in [-0.1, -0.05) is 30.2 Å². The monoisotopic (exact) mass is 473 g/mol. The van der Waals surface area contributed by atoms with Crippen molar-refractivity contribution < 1.29 is 17.6 Å². The first-order chi connectivity index (χ1) is 16.0. The summed E-state index contributed by atoms with van der Waals surface area (Å²) in [5, 5.41) is 0. The maximum absolute atomic E-state index is 13.1. The van der Waals surface area contributed by atoms with E-state index in [1.54, 1.807) is 19.2 Å². The zero-order chi connectivity index (χ0) is 25.3. The van der Waals surface area contributed by atoms with Gasteiger partial charge < -0.3 is 9.56 Å². The second kappa shape index (κ2) is 12.1. The first-order valence-corrected chi connectivity index (χ1v) is 10.4. The van der Waals surface area contributed by atoms with Gasteiger partial charge in [0.15, 0.2) is 5.69 Å². The fourth-order valence-electron chi connectivity index (χ4n) is 2.98. The molecule has 2 heterocycles. The van der Waals surface area contributed by atoms with Gasteiger partial charge in [-0.25, -0.2) is 14.4 Å². The number of aliphatic imine (C=N–C) groups is 1. The normalized spacial score (nSPS) is 11.0. The molecule has 0 spiro atoms. The maximum Gasteiger partial charge on any atom is 0.434 e. The Morgan fingerprint density at radius 2 is 1.79 bits per heavy atom. The summed E-state index contributed by atoms with van der Waals surface area (Å²) in [6.45, 7) is 7.83. The minimum Gasteiger partial charge on any atom is -0.328 e. The lowest BCUT2D eigenvalue weighted by molar-refractivity contribution is -0.140. The van der Waals surface area contributed by atoms with Crippen LogP contribution in [0, 0.1) is 17.7 Å². The molecule has 9 heteroatoms. The van der Waals surface area contributed by atoms with Crippen LogP contribution in [0.3, 0.4) is 0 Å². The van der Waals surface area contributed by atoms with E-state index in [0.29, 0.717) is 30.2 Å². The van der Waals surface area contributed by atoms with Gasteiger partial charge in [-0.15, -0.1) is 0 Å². The van der Waals surface area contributed by atoms with Crippen molar-refractivity contribution in [3.05, 3.63) is 71.6 Å². The predicted molar refractivity (Wildman–Crippen MR) is 126 cm³/mol. The number of nitrogens with zero attached hydrogens (tertiary/aromatic N) is 5. The molecule has 2 aromatic heterocycles. The summed E-state index contributed by atoms with van der Waals surface area (Å²) in [6.07, 6.45) is -2.31. The van der Waals surface area contributed by atoms with Crippen LogP contribution in [0.4, 0.5) is 17.6 Å². The SMILES string of the molecule is C=NC.CC(C)n1cc(C(F)(F)F)nc1-c1ccc(CN(C)CC#Cc2ccc(F)cn2)cc1. The second-order valence-electron chi connectivity index (χ2n) is 7.80. The van der Waals surface area contributed by atoms with Crippen molar-refractivity contribution >= 4 is 6.72 Å². The molecule has 34 heavy (non-hydrogen) atoms. The third kappa shape index (κ3) is 7.81. The van der Waals surface area contributed by atoms with Gasteiger partial charge in [-0.3, -0.25) is 4.90 Å². The maximum atomic E-state index is 13.1. The van der Waals surface area contributed by atoms with E-state index in [4.69, 9.17) is 0 Å². The molecule has 0 radical (unpaired) electrons. The van der Waals surface area contributed by atoms with E-state index < -0.39 is 17.7 Å². The van der Waals surface area contributed by atoms with Crippen molar-refractivity contribution in [2.24, 2.45) is 4.99 Å². The summed E-state index contributed by atoms with van der Waals surface area (Å²) < 4.78 is 53.6. The molecule has 0 amide bonds. The van der Waals surface area contributed by atoms with Crippen LogP contribution in [0.15, 0.2) is 53.8 Å². The molecule has 180 valence electrons. The molecule has 3 aromatic rings. The van der Waals surface area contributed by atoms with Gasteiger partial charge in [0.2, 0.25) is 0 Å². The average Bonchev–Trinajstić information content (AvgIpc) is 3.23. The third-order valence-electron chi connectivity index (χ3n) is 4.54. The Bertz CT molecular complexity index is 1120. The van der Waals surface area contributed by atoms with Gasteiger partial charge in [0, 0.05) is 31.4 Å². The van der Waals surface area contributed by atoms with Crippen molar-refractivity contribution in [1.82, 2.24) is 19.4 Å². The molecular formula is C25H27F4N5. The standard InChI is InChI=1S/C23H22F4N4.C2H5N/c1-16(2)31-15-21(23(25,26)27)29-22(31)18-8-6-17(7-9-18)14-30(3)12-4-5-20-11-10-19(24)13-28-20;1-3-2/h6-11,13,15-16H,12,14H2,1-3H3;1H2,2H3. The summed E-state index contributed by atoms with van der Waals surface area (Å²) in [5.41, 5.74) is 1.22. The Balaban J connectivity index is 0.00000129. The van der Waals surface area contributed by atoms with Crippen LogP contribution in [0.2, 0.25) is 0 Å². The van der Waals surface area contributed by atoms with Crippen LogP contribution in [0.5, 0.6) is 0 Å². The van der Waals surface area contributed by atoms with E-state index in [9.17, 15) is 17.6 Å². The van der Waals surface area contributed by atoms with Crippen LogP contribution in [-0.4, -0.2) is 46.8 Å². The Morgan fingerprint density at radius 3 is 2.32 bits per heavy atom. The Hall–Kier alpha value is -3.51. The lowest BCUT2D eigenvalue weighted by Gasteiger charge is -2.14. The molecule has 0 unspecified atom stereocenters. The highest BCUT2D eigenvalue weighted by atomic mass is 19.4. The van der Waals surface area contributed by atoms with Gasteiger partial charge in [0.05, 0.1) is 12.7 Å². The third-order valence-corrected chi connectivity index (χ3v) is 4.54. The number of pyridine rings is 1. The summed E-state index contributed by atoms with van der Waals surface area (Å²) in [4.78, 5) is 12.9. The minimum absolute atomic E-state index is 0.154. The number of alkyl halides is 3. The lowest BCUT2D eigenvalue weighted by atomic mass is 10.1. The van der Waals surface area contributed by atoms with Crippen LogP contribution in [0.25, 0.3) is 11.4 Å². The predicted octanol–water partition coefficient (Wildman–Crippen LogP) is 5.48. The molecule has 0 aliphatic carbocycles. The van der Waals surface area contributed by atoms with Gasteiger partial charge >= 0.3 is 6.18 Å². The quantitative estimate of drug-likeness (QED) is 0.280. The topological polar surface area (TPSA) is 46.3 Å². The van der Waals surface area contributed by atoms with Gasteiger partial charge in [0.1, 0.15) is 17.3 Å². The van der Waals surface area contributed by atoms with Gasteiger partial charge in [0.25, 0.3) is 0 Å². The highest BCUT2D eigenvalue weighted by Crippen LogP contribution is 2.32. The Kier molecular flexibility index (Phi) is 9.51. The highest BCUT2D eigenvalue weighted by Gasteiger charge is 2.35. The molecule has 0 bridgehead atoms. The molecule has 0 atom stereocenters. The first kappa shape index (κ1) is 26.7. The fourth-order valence-corrected chi connectivity index (χ4v) is 2.98. The number of halogens is 4. The average molecular weight is 474 g/mol. The van der Waals surface area contributed by atoms with Crippen LogP contribution in [-0.2, 0) is 12.7 Å². The van der Waals surface area contributed by atoms with E-state index >= 15 is 0 Å². The highest BCUT2D eigenvalue weighted by molar-refractivity contribution is 5.57. The minimum atomic E-state index is -4.48. The molecule has 0 N–H and O–H groups in total. The van der Waals surface area contributed by atoms with Crippen molar-refractivity contribution in [1.29, 1.82) is 0 Å². The van der Waals surface area contributed by atoms with Crippen molar-refractivity contribution in [2.45, 2.75) is 32.6 Å². The van der Waals surface area contributed by atoms with Crippen molar-refractivity contribution in [3.8, 4) is 23.2 Å². The molecular weight excluding hydrogens is 446 g/mol. The molecule has 3 rings (SSSR count). The molecule has 0 saturated heterocycles. The summed E-state index contributed by atoms with van der Waals surface area (Å²) >= 11 is 0. The van der Waals surface area contributed by atoms with Crippen LogP contribution in [0.1, 0.15) is 36.8 Å². The van der Waals surface area contributed by atoms with Crippen LogP contribution < -0.4 is 0 Å². The summed E-state index contributed by atoms with van der Waals surface area (Å²) in [6, 6.07) is 9.97. The first-order valence-electron chi connectivity index (χ1n) is 10.4. The van der Waals surface area contributed by atoms with Gasteiger partial charge in [-0.2, -0.15) is 13.2 Å². The van der Waals surface area contributed by atoms with E-state index in [1.807, 2.05) is 37.9 Å². The van der Waals surface area contributed by atoms with Crippen molar-refractivity contribution in [2.75, 3.05) is 20.6 Å². The summed E-state index contributed by atoms with van der Waals surface area (Å²) in [7, 11) is 3.54. The summed E-state index contributed by atoms with van der Waals surface area (Å²) in [5.74, 6) is 5.75. The Labute approximate surface area is 197 Å². The van der Waals surface area contributed by atoms with E-state index in [2.05, 4.69) is 33.5 Å². The van der Waals surface area contributed by atoms with Crippen molar-refractivity contribution in [3.63, 3.8) is 0 Å². The lowest BCUT2D eigenvalue weighted by Crippen LogP contribution is -2.17. The van der Waals surface area contributed by atoms with E-state index in [0.717, 1.165) is 18.0 Å². The number of hydrogen-bond acceptors (Lipinski definition) is 4. The largest absolute Gasteiger partial charge is 0.434 e. The molecule has 5 nitrogen and oxygen atoms in total. The number of aromatic nitrogens is 3.